The lowest BCUT2D eigenvalue weighted by molar-refractivity contribution is 0.845. The predicted octanol–water partition coefficient (Wildman–Crippen LogP) is 3.96. The van der Waals surface area contributed by atoms with Crippen LogP contribution in [0.3, 0.4) is 0 Å². The van der Waals surface area contributed by atoms with E-state index in [2.05, 4.69) is 16.1 Å². The SMILES string of the molecule is Cc1cc(N2CCCC2)n2ncc(-c3ccc(Cl)cc3)c2n1. The molecule has 1 aliphatic rings. The van der Waals surface area contributed by atoms with Crippen LogP contribution in [0.4, 0.5) is 5.82 Å². The van der Waals surface area contributed by atoms with Crippen LogP contribution in [0.2, 0.25) is 5.02 Å². The summed E-state index contributed by atoms with van der Waals surface area (Å²) in [7, 11) is 0. The van der Waals surface area contributed by atoms with E-state index in [9.17, 15) is 0 Å². The molecule has 1 saturated heterocycles. The molecule has 5 heteroatoms. The Morgan fingerprint density at radius 2 is 1.82 bits per heavy atom. The van der Waals surface area contributed by atoms with E-state index in [1.54, 1.807) is 0 Å². The molecular formula is C17H17ClN4. The summed E-state index contributed by atoms with van der Waals surface area (Å²) < 4.78 is 1.96. The van der Waals surface area contributed by atoms with Gasteiger partial charge in [-0.1, -0.05) is 23.7 Å². The topological polar surface area (TPSA) is 33.4 Å². The Balaban J connectivity index is 1.89. The lowest BCUT2D eigenvalue weighted by Crippen LogP contribution is -2.21. The number of rotatable bonds is 2. The molecule has 4 rings (SSSR count). The minimum Gasteiger partial charge on any atom is -0.356 e. The van der Waals surface area contributed by atoms with Crippen LogP contribution in [-0.2, 0) is 0 Å². The maximum absolute atomic E-state index is 5.98. The van der Waals surface area contributed by atoms with Crippen molar-refractivity contribution in [2.75, 3.05) is 18.0 Å². The molecule has 0 amide bonds. The van der Waals surface area contributed by atoms with Gasteiger partial charge in [-0.2, -0.15) is 9.61 Å². The third-order valence-electron chi connectivity index (χ3n) is 4.17. The summed E-state index contributed by atoms with van der Waals surface area (Å²) in [5.74, 6) is 1.14. The van der Waals surface area contributed by atoms with Crippen LogP contribution >= 0.6 is 11.6 Å². The van der Waals surface area contributed by atoms with Gasteiger partial charge in [0.25, 0.3) is 0 Å². The molecular weight excluding hydrogens is 296 g/mol. The standard InChI is InChI=1S/C17H17ClN4/c1-12-10-16(21-8-2-3-9-21)22-17(20-12)15(11-19-22)13-4-6-14(18)7-5-13/h4-7,10-11H,2-3,8-9H2,1H3. The van der Waals surface area contributed by atoms with Crippen LogP contribution in [0, 0.1) is 6.92 Å². The molecule has 2 aromatic heterocycles. The van der Waals surface area contributed by atoms with E-state index in [1.165, 1.54) is 12.8 Å². The average molecular weight is 313 g/mol. The van der Waals surface area contributed by atoms with Crippen molar-refractivity contribution in [1.29, 1.82) is 0 Å². The molecule has 3 heterocycles. The molecule has 22 heavy (non-hydrogen) atoms. The second-order valence-electron chi connectivity index (χ2n) is 5.75. The first kappa shape index (κ1) is 13.6. The summed E-state index contributed by atoms with van der Waals surface area (Å²) in [6.45, 7) is 4.22. The van der Waals surface area contributed by atoms with Crippen molar-refractivity contribution in [1.82, 2.24) is 14.6 Å². The van der Waals surface area contributed by atoms with Gasteiger partial charge in [0.05, 0.1) is 6.20 Å². The number of hydrogen-bond donors (Lipinski definition) is 0. The van der Waals surface area contributed by atoms with Gasteiger partial charge in [0, 0.05) is 35.4 Å². The van der Waals surface area contributed by atoms with E-state index in [0.717, 1.165) is 46.4 Å². The molecule has 4 nitrogen and oxygen atoms in total. The minimum atomic E-state index is 0.738. The molecule has 0 N–H and O–H groups in total. The highest BCUT2D eigenvalue weighted by Crippen LogP contribution is 2.29. The molecule has 0 saturated carbocycles. The Bertz CT molecular complexity index is 817. The summed E-state index contributed by atoms with van der Waals surface area (Å²) >= 11 is 5.98. The fourth-order valence-electron chi connectivity index (χ4n) is 3.07. The monoisotopic (exact) mass is 312 g/mol. The van der Waals surface area contributed by atoms with Crippen LogP contribution in [0.5, 0.6) is 0 Å². The first-order valence-corrected chi connectivity index (χ1v) is 7.96. The van der Waals surface area contributed by atoms with Gasteiger partial charge in [-0.15, -0.1) is 0 Å². The van der Waals surface area contributed by atoms with Gasteiger partial charge in [0.1, 0.15) is 5.82 Å². The summed E-state index contributed by atoms with van der Waals surface area (Å²) in [5, 5.41) is 5.32. The highest BCUT2D eigenvalue weighted by atomic mass is 35.5. The van der Waals surface area contributed by atoms with Crippen molar-refractivity contribution in [3.8, 4) is 11.1 Å². The Hall–Kier alpha value is -2.07. The van der Waals surface area contributed by atoms with Crippen molar-refractivity contribution in [3.05, 3.63) is 47.2 Å². The van der Waals surface area contributed by atoms with Gasteiger partial charge < -0.3 is 4.90 Å². The quantitative estimate of drug-likeness (QED) is 0.718. The lowest BCUT2D eigenvalue weighted by Gasteiger charge is -2.18. The van der Waals surface area contributed by atoms with Gasteiger partial charge in [-0.05, 0) is 37.5 Å². The largest absolute Gasteiger partial charge is 0.356 e. The zero-order chi connectivity index (χ0) is 15.1. The second kappa shape index (κ2) is 5.29. The Morgan fingerprint density at radius 1 is 1.09 bits per heavy atom. The van der Waals surface area contributed by atoms with Gasteiger partial charge in [-0.3, -0.25) is 0 Å². The molecule has 0 bridgehead atoms. The fourth-order valence-corrected chi connectivity index (χ4v) is 3.20. The number of aromatic nitrogens is 3. The zero-order valence-electron chi connectivity index (χ0n) is 12.5. The summed E-state index contributed by atoms with van der Waals surface area (Å²) in [6.07, 6.45) is 4.38. The van der Waals surface area contributed by atoms with Crippen LogP contribution in [0.25, 0.3) is 16.8 Å². The minimum absolute atomic E-state index is 0.738. The zero-order valence-corrected chi connectivity index (χ0v) is 13.2. The third kappa shape index (κ3) is 2.24. The normalized spacial score (nSPS) is 14.9. The highest BCUT2D eigenvalue weighted by Gasteiger charge is 2.18. The first-order valence-electron chi connectivity index (χ1n) is 7.59. The second-order valence-corrected chi connectivity index (χ2v) is 6.19. The molecule has 112 valence electrons. The Labute approximate surface area is 134 Å². The van der Waals surface area contributed by atoms with E-state index >= 15 is 0 Å². The lowest BCUT2D eigenvalue weighted by atomic mass is 10.1. The summed E-state index contributed by atoms with van der Waals surface area (Å²) in [5.41, 5.74) is 4.06. The Kier molecular flexibility index (Phi) is 3.26. The van der Waals surface area contributed by atoms with Gasteiger partial charge in [-0.25, -0.2) is 4.98 Å². The van der Waals surface area contributed by atoms with E-state index < -0.39 is 0 Å². The summed E-state index contributed by atoms with van der Waals surface area (Å²) in [4.78, 5) is 7.10. The van der Waals surface area contributed by atoms with E-state index in [1.807, 2.05) is 41.9 Å². The summed E-state index contributed by atoms with van der Waals surface area (Å²) in [6, 6.07) is 9.95. The van der Waals surface area contributed by atoms with Crippen molar-refractivity contribution < 1.29 is 0 Å². The van der Waals surface area contributed by atoms with Gasteiger partial charge in [0.15, 0.2) is 5.65 Å². The molecule has 1 aromatic carbocycles. The van der Waals surface area contributed by atoms with Crippen molar-refractivity contribution >= 4 is 23.1 Å². The Morgan fingerprint density at radius 3 is 2.55 bits per heavy atom. The fraction of sp³-hybridized carbons (Fsp3) is 0.294. The number of hydrogen-bond acceptors (Lipinski definition) is 3. The maximum atomic E-state index is 5.98. The van der Waals surface area contributed by atoms with E-state index in [4.69, 9.17) is 16.6 Å². The average Bonchev–Trinajstić information content (AvgIpc) is 3.16. The number of halogens is 1. The molecule has 0 radical (unpaired) electrons. The molecule has 0 unspecified atom stereocenters. The number of benzene rings is 1. The maximum Gasteiger partial charge on any atom is 0.165 e. The van der Waals surface area contributed by atoms with Crippen molar-refractivity contribution in [2.45, 2.75) is 19.8 Å². The van der Waals surface area contributed by atoms with E-state index in [-0.39, 0.29) is 0 Å². The molecule has 0 spiro atoms. The first-order chi connectivity index (χ1) is 10.7. The molecule has 0 atom stereocenters. The third-order valence-corrected chi connectivity index (χ3v) is 4.42. The van der Waals surface area contributed by atoms with Crippen LogP contribution in [-0.4, -0.2) is 27.7 Å². The number of nitrogens with zero attached hydrogens (tertiary/aromatic N) is 4. The van der Waals surface area contributed by atoms with E-state index in [0.29, 0.717) is 0 Å². The van der Waals surface area contributed by atoms with Crippen molar-refractivity contribution in [2.24, 2.45) is 0 Å². The predicted molar refractivity (Wildman–Crippen MR) is 89.6 cm³/mol. The number of fused-ring (bicyclic) bond motifs is 1. The molecule has 0 aliphatic carbocycles. The van der Waals surface area contributed by atoms with Gasteiger partial charge in [0.2, 0.25) is 0 Å². The van der Waals surface area contributed by atoms with Crippen LogP contribution in [0.1, 0.15) is 18.5 Å². The van der Waals surface area contributed by atoms with Crippen LogP contribution in [0.15, 0.2) is 36.5 Å². The van der Waals surface area contributed by atoms with Crippen LogP contribution < -0.4 is 4.90 Å². The number of aryl methyl sites for hydroxylation is 1. The molecule has 1 fully saturated rings. The highest BCUT2D eigenvalue weighted by molar-refractivity contribution is 6.30. The molecule has 1 aliphatic heterocycles. The molecule has 3 aromatic rings. The van der Waals surface area contributed by atoms with Crippen molar-refractivity contribution in [3.63, 3.8) is 0 Å². The number of anilines is 1. The smallest absolute Gasteiger partial charge is 0.165 e. The van der Waals surface area contributed by atoms with Gasteiger partial charge >= 0.3 is 0 Å².